The van der Waals surface area contributed by atoms with Crippen LogP contribution in [-0.4, -0.2) is 4.98 Å². The number of rotatable bonds is 4. The third kappa shape index (κ3) is 2.80. The van der Waals surface area contributed by atoms with Crippen LogP contribution in [0.2, 0.25) is 0 Å². The molecule has 15 heavy (non-hydrogen) atoms. The molecule has 0 amide bonds. The number of aromatic nitrogens is 1. The Hall–Kier alpha value is -0.850. The van der Waals surface area contributed by atoms with Gasteiger partial charge in [0.25, 0.3) is 0 Å². The Morgan fingerprint density at radius 1 is 1.27 bits per heavy atom. The Labute approximate surface area is 93.9 Å². The van der Waals surface area contributed by atoms with Crippen LogP contribution in [0, 0.1) is 0 Å². The van der Waals surface area contributed by atoms with Gasteiger partial charge < -0.3 is 0 Å². The minimum Gasteiger partial charge on any atom is -0.260 e. The van der Waals surface area contributed by atoms with Crippen LogP contribution < -0.4 is 0 Å². The average molecular weight is 205 g/mol. The molecule has 0 aromatic carbocycles. The van der Waals surface area contributed by atoms with Crippen LogP contribution in [0.25, 0.3) is 0 Å². The molecule has 1 heterocycles. The summed E-state index contributed by atoms with van der Waals surface area (Å²) in [6.07, 6.45) is 4.35. The minimum absolute atomic E-state index is 0.202. The summed E-state index contributed by atoms with van der Waals surface area (Å²) in [6, 6.07) is 4.42. The molecule has 0 aliphatic carbocycles. The van der Waals surface area contributed by atoms with Crippen molar-refractivity contribution in [2.45, 2.75) is 58.8 Å². The maximum absolute atomic E-state index is 4.59. The molecule has 1 aromatic rings. The van der Waals surface area contributed by atoms with Crippen LogP contribution in [0.4, 0.5) is 0 Å². The van der Waals surface area contributed by atoms with Crippen molar-refractivity contribution < 1.29 is 0 Å². The van der Waals surface area contributed by atoms with Gasteiger partial charge >= 0.3 is 0 Å². The van der Waals surface area contributed by atoms with Crippen molar-refractivity contribution >= 4 is 0 Å². The third-order valence-electron chi connectivity index (χ3n) is 3.55. The molecule has 0 aliphatic heterocycles. The van der Waals surface area contributed by atoms with Crippen molar-refractivity contribution in [3.05, 3.63) is 29.6 Å². The van der Waals surface area contributed by atoms with Crippen LogP contribution in [-0.2, 0) is 5.41 Å². The molecule has 1 rings (SSSR count). The molecule has 1 heteroatoms. The maximum Gasteiger partial charge on any atom is 0.0459 e. The van der Waals surface area contributed by atoms with Crippen molar-refractivity contribution in [2.75, 3.05) is 0 Å². The van der Waals surface area contributed by atoms with Crippen LogP contribution in [0.5, 0.6) is 0 Å². The van der Waals surface area contributed by atoms with Gasteiger partial charge in [-0.2, -0.15) is 0 Å². The van der Waals surface area contributed by atoms with Gasteiger partial charge in [-0.15, -0.1) is 0 Å². The van der Waals surface area contributed by atoms with E-state index in [2.05, 4.69) is 51.7 Å². The molecule has 1 aromatic heterocycles. The van der Waals surface area contributed by atoms with Crippen LogP contribution in [0.15, 0.2) is 18.3 Å². The normalized spacial score (nSPS) is 13.9. The van der Waals surface area contributed by atoms with Crippen molar-refractivity contribution in [1.29, 1.82) is 0 Å². The van der Waals surface area contributed by atoms with Gasteiger partial charge in [-0.25, -0.2) is 0 Å². The highest BCUT2D eigenvalue weighted by atomic mass is 14.7. The largest absolute Gasteiger partial charge is 0.260 e. The molecule has 0 spiro atoms. The van der Waals surface area contributed by atoms with E-state index < -0.39 is 0 Å². The number of hydrogen-bond donors (Lipinski definition) is 0. The number of pyridine rings is 1. The second-order valence-electron chi connectivity index (χ2n) is 5.02. The quantitative estimate of drug-likeness (QED) is 0.715. The van der Waals surface area contributed by atoms with Gasteiger partial charge in [0.1, 0.15) is 0 Å². The topological polar surface area (TPSA) is 12.9 Å². The first-order valence-corrected chi connectivity index (χ1v) is 5.97. The molecule has 0 aliphatic rings. The van der Waals surface area contributed by atoms with Gasteiger partial charge in [0.15, 0.2) is 0 Å². The van der Waals surface area contributed by atoms with E-state index in [1.165, 1.54) is 17.7 Å². The summed E-state index contributed by atoms with van der Waals surface area (Å²) in [7, 11) is 0. The highest BCUT2D eigenvalue weighted by molar-refractivity contribution is 5.21. The molecule has 0 N–H and O–H groups in total. The summed E-state index contributed by atoms with van der Waals surface area (Å²) in [5, 5.41) is 0. The average Bonchev–Trinajstić information content (AvgIpc) is 2.28. The van der Waals surface area contributed by atoms with E-state index in [1.54, 1.807) is 0 Å². The fourth-order valence-corrected chi connectivity index (χ4v) is 1.51. The van der Waals surface area contributed by atoms with E-state index in [-0.39, 0.29) is 5.41 Å². The van der Waals surface area contributed by atoms with E-state index in [0.717, 1.165) is 6.42 Å². The molecule has 1 atom stereocenters. The van der Waals surface area contributed by atoms with Gasteiger partial charge in [0.2, 0.25) is 0 Å². The smallest absolute Gasteiger partial charge is 0.0459 e. The summed E-state index contributed by atoms with van der Waals surface area (Å²) in [5.74, 6) is 0.622. The highest BCUT2D eigenvalue weighted by Gasteiger charge is 2.19. The predicted molar refractivity (Wildman–Crippen MR) is 66.3 cm³/mol. The summed E-state index contributed by atoms with van der Waals surface area (Å²) < 4.78 is 0. The fraction of sp³-hybridized carbons (Fsp3) is 0.643. The van der Waals surface area contributed by atoms with Crippen molar-refractivity contribution in [2.24, 2.45) is 0 Å². The van der Waals surface area contributed by atoms with Crippen LogP contribution in [0.1, 0.15) is 64.6 Å². The second kappa shape index (κ2) is 4.78. The van der Waals surface area contributed by atoms with Gasteiger partial charge in [0.05, 0.1) is 0 Å². The lowest BCUT2D eigenvalue weighted by atomic mass is 9.85. The van der Waals surface area contributed by atoms with E-state index in [0.29, 0.717) is 5.92 Å². The lowest BCUT2D eigenvalue weighted by molar-refractivity contribution is 0.489. The fourth-order valence-electron chi connectivity index (χ4n) is 1.51. The second-order valence-corrected chi connectivity index (χ2v) is 5.02. The van der Waals surface area contributed by atoms with E-state index in [1.807, 2.05) is 6.20 Å². The summed E-state index contributed by atoms with van der Waals surface area (Å²) >= 11 is 0. The zero-order valence-electron chi connectivity index (χ0n) is 10.7. The van der Waals surface area contributed by atoms with Crippen molar-refractivity contribution in [3.63, 3.8) is 0 Å². The zero-order chi connectivity index (χ0) is 11.5. The first-order valence-electron chi connectivity index (χ1n) is 5.97. The van der Waals surface area contributed by atoms with Crippen LogP contribution in [0.3, 0.4) is 0 Å². The number of nitrogens with zero attached hydrogens (tertiary/aromatic N) is 1. The summed E-state index contributed by atoms with van der Waals surface area (Å²) in [6.45, 7) is 11.2. The molecule has 0 fully saturated rings. The lowest BCUT2D eigenvalue weighted by Crippen LogP contribution is -2.17. The van der Waals surface area contributed by atoms with E-state index in [4.69, 9.17) is 0 Å². The zero-order valence-corrected chi connectivity index (χ0v) is 10.7. The Morgan fingerprint density at radius 3 is 2.33 bits per heavy atom. The molecule has 1 unspecified atom stereocenters. The Bertz CT molecular complexity index is 298. The van der Waals surface area contributed by atoms with Crippen molar-refractivity contribution in [1.82, 2.24) is 4.98 Å². The van der Waals surface area contributed by atoms with Crippen molar-refractivity contribution in [3.8, 4) is 0 Å². The standard InChI is InChI=1S/C14H23N/c1-6-11(3)12-8-9-13(15-10-12)14(4,5)7-2/h8-11H,6-7H2,1-5H3. The molecule has 0 saturated heterocycles. The monoisotopic (exact) mass is 205 g/mol. The SMILES string of the molecule is CCC(C)c1ccc(C(C)(C)CC)nc1. The molecule has 0 radical (unpaired) electrons. The van der Waals surface area contributed by atoms with E-state index >= 15 is 0 Å². The summed E-state index contributed by atoms with van der Waals surface area (Å²) in [4.78, 5) is 4.59. The first kappa shape index (κ1) is 12.2. The minimum atomic E-state index is 0.202. The maximum atomic E-state index is 4.59. The Morgan fingerprint density at radius 2 is 1.93 bits per heavy atom. The first-order chi connectivity index (χ1) is 7.01. The number of hydrogen-bond acceptors (Lipinski definition) is 1. The third-order valence-corrected chi connectivity index (χ3v) is 3.55. The molecule has 0 saturated carbocycles. The lowest BCUT2D eigenvalue weighted by Gasteiger charge is -2.22. The van der Waals surface area contributed by atoms with E-state index in [9.17, 15) is 0 Å². The van der Waals surface area contributed by atoms with Crippen LogP contribution >= 0.6 is 0 Å². The molecule has 84 valence electrons. The van der Waals surface area contributed by atoms with Gasteiger partial charge in [-0.1, -0.05) is 40.7 Å². The molecule has 0 bridgehead atoms. The van der Waals surface area contributed by atoms with Gasteiger partial charge in [0, 0.05) is 17.3 Å². The Kier molecular flexibility index (Phi) is 3.90. The predicted octanol–water partition coefficient (Wildman–Crippen LogP) is 4.28. The molecular weight excluding hydrogens is 182 g/mol. The van der Waals surface area contributed by atoms with Gasteiger partial charge in [-0.05, 0) is 30.4 Å². The Balaban J connectivity index is 2.90. The van der Waals surface area contributed by atoms with Gasteiger partial charge in [-0.3, -0.25) is 4.98 Å². The molecular formula is C14H23N. The summed E-state index contributed by atoms with van der Waals surface area (Å²) in [5.41, 5.74) is 2.76. The molecule has 1 nitrogen and oxygen atoms in total. The highest BCUT2D eigenvalue weighted by Crippen LogP contribution is 2.26.